The van der Waals surface area contributed by atoms with Crippen LogP contribution in [-0.4, -0.2) is 66.5 Å². The molecule has 0 aliphatic rings. The molecule has 3 atom stereocenters. The van der Waals surface area contributed by atoms with Gasteiger partial charge in [0.25, 0.3) is 0 Å². The monoisotopic (exact) mass is 1090 g/mol. The molecule has 0 aliphatic heterocycles. The Hall–Kier alpha value is -3.34. The van der Waals surface area contributed by atoms with Gasteiger partial charge in [-0.15, -0.1) is 0 Å². The van der Waals surface area contributed by atoms with Gasteiger partial charge in [-0.05, 0) is 89.9 Å². The third kappa shape index (κ3) is 55.4. The number of aliphatic hydroxyl groups excluding tert-OH is 1. The molecule has 76 heavy (non-hydrogen) atoms. The van der Waals surface area contributed by atoms with Gasteiger partial charge in [0.2, 0.25) is 0 Å². The summed E-state index contributed by atoms with van der Waals surface area (Å²) in [6.07, 6.45) is 66.8. The van der Waals surface area contributed by atoms with Crippen LogP contribution in [0, 0.1) is 0 Å². The highest BCUT2D eigenvalue weighted by Gasteiger charge is 2.28. The van der Waals surface area contributed by atoms with Gasteiger partial charge in [0.05, 0.1) is 19.8 Å². The van der Waals surface area contributed by atoms with Crippen molar-refractivity contribution in [3.8, 4) is 0 Å². The summed E-state index contributed by atoms with van der Waals surface area (Å²) in [7, 11) is -4.76. The Morgan fingerprint density at radius 1 is 0.382 bits per heavy atom. The number of phosphoric ester groups is 1. The lowest BCUT2D eigenvalue weighted by molar-refractivity contribution is -0.161. The minimum absolute atomic E-state index is 0.154. The molecular weight excluding hydrogens is 976 g/mol. The molecule has 438 valence electrons. The van der Waals surface area contributed by atoms with Gasteiger partial charge in [-0.3, -0.25) is 23.4 Å². The number of carbonyl (C=O) groups is 3. The van der Waals surface area contributed by atoms with Crippen LogP contribution in [0.4, 0.5) is 0 Å². The van der Waals surface area contributed by atoms with Gasteiger partial charge in [-0.2, -0.15) is 0 Å². The van der Waals surface area contributed by atoms with Crippen molar-refractivity contribution in [3.63, 3.8) is 0 Å². The maximum Gasteiger partial charge on any atom is 0.472 e. The largest absolute Gasteiger partial charge is 0.472 e. The van der Waals surface area contributed by atoms with Crippen LogP contribution in [0.1, 0.15) is 265 Å². The van der Waals surface area contributed by atoms with Gasteiger partial charge in [0, 0.05) is 19.3 Å². The van der Waals surface area contributed by atoms with E-state index in [9.17, 15) is 28.9 Å². The van der Waals surface area contributed by atoms with E-state index < -0.39 is 57.8 Å². The average molecular weight is 1090 g/mol. The number of hydrogen-bond acceptors (Lipinski definition) is 10. The standard InChI is InChI=1S/C64H111O11P/c1-4-7-10-13-16-19-22-25-28-30-33-35-38-41-44-47-50-53-62(66)71-57-61(75-64(68)55-52-49-46-43-40-37-34-31-29-26-23-20-17-14-11-8-5-2)59-73-76(69,70)72-58-60(56-65)74-63(67)54-51-48-45-42-39-36-32-27-24-21-18-15-12-9-6-3/h7,9-10,12,16,18-19,21,25,27-28,32-33,35,60-61,65H,4-6,8,11,13-15,17,20,22-24,26,29-31,34,36-59H2,1-3H3,(H,69,70)/b10-7-,12-9-,19-16-,21-18-,28-25-,32-27-,35-33-. The fraction of sp³-hybridized carbons (Fsp3) is 0.734. The van der Waals surface area contributed by atoms with Crippen LogP contribution in [0.5, 0.6) is 0 Å². The number of phosphoric acid groups is 1. The summed E-state index contributed by atoms with van der Waals surface area (Å²) in [5, 5.41) is 9.83. The molecule has 2 N–H and O–H groups in total. The Morgan fingerprint density at radius 3 is 1.05 bits per heavy atom. The minimum atomic E-state index is -4.76. The molecule has 0 fully saturated rings. The SMILES string of the molecule is CC/C=C\C/C=C\C/C=C\C/C=C\CCCCCCC(=O)OCC(COP(=O)(O)OCC(CO)OC(=O)CCCCCCC/C=C\C/C=C\C/C=C\CC)OC(=O)CCCCCCCCCCCCCCCCCCC. The van der Waals surface area contributed by atoms with Crippen molar-refractivity contribution in [2.24, 2.45) is 0 Å². The first-order valence-corrected chi connectivity index (χ1v) is 32.0. The van der Waals surface area contributed by atoms with E-state index in [1.165, 1.54) is 83.5 Å². The van der Waals surface area contributed by atoms with Crippen LogP contribution in [0.15, 0.2) is 85.1 Å². The number of carbonyl (C=O) groups excluding carboxylic acids is 3. The zero-order valence-electron chi connectivity index (χ0n) is 48.5. The zero-order chi connectivity index (χ0) is 55.5. The van der Waals surface area contributed by atoms with E-state index in [1.807, 2.05) is 0 Å². The average Bonchev–Trinajstić information content (AvgIpc) is 3.41. The number of unbranched alkanes of at least 4 members (excludes halogenated alkanes) is 25. The quantitative estimate of drug-likeness (QED) is 0.0197. The predicted octanol–water partition coefficient (Wildman–Crippen LogP) is 18.3. The van der Waals surface area contributed by atoms with Crippen LogP contribution in [-0.2, 0) is 42.2 Å². The number of aliphatic hydroxyl groups is 1. The number of allylic oxidation sites excluding steroid dienone is 14. The Balaban J connectivity index is 4.75. The number of hydrogen-bond donors (Lipinski definition) is 2. The van der Waals surface area contributed by atoms with Crippen molar-refractivity contribution >= 4 is 25.7 Å². The molecule has 0 heterocycles. The molecule has 0 saturated heterocycles. The van der Waals surface area contributed by atoms with E-state index in [1.54, 1.807) is 0 Å². The Morgan fingerprint density at radius 2 is 0.684 bits per heavy atom. The van der Waals surface area contributed by atoms with E-state index in [-0.39, 0.29) is 25.9 Å². The van der Waals surface area contributed by atoms with Crippen molar-refractivity contribution in [1.29, 1.82) is 0 Å². The molecule has 0 bridgehead atoms. The highest BCUT2D eigenvalue weighted by atomic mass is 31.2. The second-order valence-electron chi connectivity index (χ2n) is 20.1. The van der Waals surface area contributed by atoms with Crippen LogP contribution >= 0.6 is 7.82 Å². The normalized spacial score (nSPS) is 13.9. The minimum Gasteiger partial charge on any atom is -0.462 e. The molecule has 0 saturated carbocycles. The summed E-state index contributed by atoms with van der Waals surface area (Å²) >= 11 is 0. The molecule has 0 aliphatic carbocycles. The predicted molar refractivity (Wildman–Crippen MR) is 316 cm³/mol. The van der Waals surface area contributed by atoms with E-state index in [0.717, 1.165) is 122 Å². The topological polar surface area (TPSA) is 155 Å². The first-order valence-electron chi connectivity index (χ1n) is 30.5. The summed E-state index contributed by atoms with van der Waals surface area (Å²) in [6, 6.07) is 0. The first kappa shape index (κ1) is 72.7. The third-order valence-corrected chi connectivity index (χ3v) is 13.8. The Labute approximate surface area is 464 Å². The van der Waals surface area contributed by atoms with Crippen molar-refractivity contribution in [2.75, 3.05) is 26.4 Å². The lowest BCUT2D eigenvalue weighted by Crippen LogP contribution is -2.30. The van der Waals surface area contributed by atoms with E-state index in [0.29, 0.717) is 19.3 Å². The lowest BCUT2D eigenvalue weighted by atomic mass is 10.0. The maximum atomic E-state index is 12.9. The van der Waals surface area contributed by atoms with Gasteiger partial charge in [0.15, 0.2) is 6.10 Å². The van der Waals surface area contributed by atoms with Crippen LogP contribution in [0.3, 0.4) is 0 Å². The molecule has 0 amide bonds. The molecule has 0 spiro atoms. The molecular formula is C64H111O11P. The molecule has 11 nitrogen and oxygen atoms in total. The molecule has 0 aromatic heterocycles. The van der Waals surface area contributed by atoms with Gasteiger partial charge >= 0.3 is 25.7 Å². The Bertz CT molecular complexity index is 1600. The maximum absolute atomic E-state index is 12.9. The summed E-state index contributed by atoms with van der Waals surface area (Å²) < 4.78 is 39.6. The lowest BCUT2D eigenvalue weighted by Gasteiger charge is -2.21. The van der Waals surface area contributed by atoms with Crippen LogP contribution in [0.25, 0.3) is 0 Å². The molecule has 0 rings (SSSR count). The smallest absolute Gasteiger partial charge is 0.462 e. The fourth-order valence-corrected chi connectivity index (χ4v) is 9.03. The molecule has 0 radical (unpaired) electrons. The number of esters is 3. The van der Waals surface area contributed by atoms with Gasteiger partial charge in [-0.25, -0.2) is 4.57 Å². The van der Waals surface area contributed by atoms with E-state index in [4.69, 9.17) is 23.3 Å². The van der Waals surface area contributed by atoms with Gasteiger partial charge in [0.1, 0.15) is 12.7 Å². The Kier molecular flexibility index (Phi) is 55.3. The van der Waals surface area contributed by atoms with E-state index in [2.05, 4.69) is 106 Å². The zero-order valence-corrected chi connectivity index (χ0v) is 49.3. The highest BCUT2D eigenvalue weighted by molar-refractivity contribution is 7.47. The van der Waals surface area contributed by atoms with Crippen LogP contribution < -0.4 is 0 Å². The molecule has 3 unspecified atom stereocenters. The molecule has 0 aromatic carbocycles. The van der Waals surface area contributed by atoms with E-state index >= 15 is 0 Å². The first-order chi connectivity index (χ1) is 37.2. The third-order valence-electron chi connectivity index (χ3n) is 12.8. The van der Waals surface area contributed by atoms with Gasteiger partial charge < -0.3 is 24.2 Å². The van der Waals surface area contributed by atoms with Gasteiger partial charge in [-0.1, -0.05) is 241 Å². The van der Waals surface area contributed by atoms with Crippen molar-refractivity contribution < 1.29 is 52.2 Å². The highest BCUT2D eigenvalue weighted by Crippen LogP contribution is 2.43. The summed E-state index contributed by atoms with van der Waals surface area (Å²) in [5.74, 6) is -1.50. The second-order valence-corrected chi connectivity index (χ2v) is 21.6. The number of rotatable bonds is 56. The van der Waals surface area contributed by atoms with Crippen LogP contribution in [0.2, 0.25) is 0 Å². The molecule has 12 heteroatoms. The summed E-state index contributed by atoms with van der Waals surface area (Å²) in [6.45, 7) is 4.40. The summed E-state index contributed by atoms with van der Waals surface area (Å²) in [5.41, 5.74) is 0. The summed E-state index contributed by atoms with van der Waals surface area (Å²) in [4.78, 5) is 48.6. The molecule has 0 aromatic rings. The van der Waals surface area contributed by atoms with Crippen molar-refractivity contribution in [1.82, 2.24) is 0 Å². The fourth-order valence-electron chi connectivity index (χ4n) is 8.25. The second kappa shape index (κ2) is 57.8. The van der Waals surface area contributed by atoms with Crippen molar-refractivity contribution in [3.05, 3.63) is 85.1 Å². The van der Waals surface area contributed by atoms with Crippen molar-refractivity contribution in [2.45, 2.75) is 277 Å². The number of ether oxygens (including phenoxy) is 3.